The molecule has 0 spiro atoms. The molecular weight excluding hydrogens is 452 g/mol. The highest BCUT2D eigenvalue weighted by molar-refractivity contribution is 7.89. The highest BCUT2D eigenvalue weighted by atomic mass is 32.2. The van der Waals surface area contributed by atoms with Crippen LogP contribution in [-0.2, 0) is 20.1 Å². The maximum atomic E-state index is 12.5. The first-order valence-electron chi connectivity index (χ1n) is 9.41. The van der Waals surface area contributed by atoms with Gasteiger partial charge < -0.3 is 8.92 Å². The monoisotopic (exact) mass is 474 g/mol. The lowest BCUT2D eigenvalue weighted by atomic mass is 10.2. The fraction of sp³-hybridized carbons (Fsp3) is 0.136. The summed E-state index contributed by atoms with van der Waals surface area (Å²) < 4.78 is 60.1. The quantitative estimate of drug-likeness (QED) is 0.304. The van der Waals surface area contributed by atoms with Gasteiger partial charge in [0.1, 0.15) is 4.90 Å². The summed E-state index contributed by atoms with van der Waals surface area (Å²) in [4.78, 5) is 2.23. The van der Waals surface area contributed by atoms with Crippen molar-refractivity contribution in [2.24, 2.45) is 5.10 Å². The second kappa shape index (κ2) is 9.41. The van der Waals surface area contributed by atoms with E-state index in [2.05, 4.69) is 9.93 Å². The third-order valence-corrected chi connectivity index (χ3v) is 6.90. The molecule has 3 aromatic carbocycles. The number of methoxy groups -OCH3 is 1. The largest absolute Gasteiger partial charge is 0.493 e. The first-order valence-corrected chi connectivity index (χ1v) is 12.3. The van der Waals surface area contributed by atoms with E-state index >= 15 is 0 Å². The van der Waals surface area contributed by atoms with Crippen LogP contribution in [0.15, 0.2) is 81.6 Å². The molecule has 8 nitrogen and oxygen atoms in total. The van der Waals surface area contributed by atoms with Crippen LogP contribution in [0, 0.1) is 13.8 Å². The van der Waals surface area contributed by atoms with E-state index in [1.807, 2.05) is 13.8 Å². The van der Waals surface area contributed by atoms with Gasteiger partial charge in [0.05, 0.1) is 18.2 Å². The minimum absolute atomic E-state index is 0.00883. The van der Waals surface area contributed by atoms with E-state index in [0.717, 1.165) is 11.1 Å². The van der Waals surface area contributed by atoms with Gasteiger partial charge in [-0.2, -0.15) is 21.9 Å². The topological polar surface area (TPSA) is 111 Å². The maximum Gasteiger partial charge on any atom is 0.339 e. The fourth-order valence-electron chi connectivity index (χ4n) is 2.64. The summed E-state index contributed by atoms with van der Waals surface area (Å²) in [6.07, 6.45) is 1.27. The molecule has 0 heterocycles. The Balaban J connectivity index is 1.76. The Kier molecular flexibility index (Phi) is 6.85. The Labute approximate surface area is 187 Å². The van der Waals surface area contributed by atoms with Crippen LogP contribution in [-0.4, -0.2) is 30.2 Å². The molecule has 0 aliphatic heterocycles. The summed E-state index contributed by atoms with van der Waals surface area (Å²) in [5, 5.41) is 3.77. The van der Waals surface area contributed by atoms with Gasteiger partial charge in [-0.3, -0.25) is 0 Å². The normalized spacial score (nSPS) is 12.0. The number of rotatable bonds is 8. The zero-order valence-corrected chi connectivity index (χ0v) is 19.3. The number of hydrazone groups is 1. The summed E-state index contributed by atoms with van der Waals surface area (Å²) in [6, 6.07) is 17.0. The van der Waals surface area contributed by atoms with Gasteiger partial charge in [0.2, 0.25) is 0 Å². The van der Waals surface area contributed by atoms with Crippen molar-refractivity contribution in [1.29, 1.82) is 0 Å². The average molecular weight is 475 g/mol. The third kappa shape index (κ3) is 5.65. The van der Waals surface area contributed by atoms with E-state index in [4.69, 9.17) is 8.92 Å². The van der Waals surface area contributed by atoms with Gasteiger partial charge in [-0.1, -0.05) is 35.4 Å². The van der Waals surface area contributed by atoms with E-state index in [9.17, 15) is 16.8 Å². The molecule has 32 heavy (non-hydrogen) atoms. The molecule has 0 fully saturated rings. The lowest BCUT2D eigenvalue weighted by molar-refractivity contribution is 0.390. The van der Waals surface area contributed by atoms with Crippen molar-refractivity contribution in [1.82, 2.24) is 4.83 Å². The van der Waals surface area contributed by atoms with E-state index < -0.39 is 20.1 Å². The average Bonchev–Trinajstić information content (AvgIpc) is 2.75. The van der Waals surface area contributed by atoms with Crippen LogP contribution < -0.4 is 13.8 Å². The summed E-state index contributed by atoms with van der Waals surface area (Å²) in [5.41, 5.74) is 2.32. The van der Waals surface area contributed by atoms with Crippen molar-refractivity contribution in [3.8, 4) is 11.5 Å². The van der Waals surface area contributed by atoms with Crippen molar-refractivity contribution in [3.05, 3.63) is 83.4 Å². The second-order valence-corrected chi connectivity index (χ2v) is 10.1. The maximum absolute atomic E-state index is 12.5. The number of sulfonamides is 1. The summed E-state index contributed by atoms with van der Waals surface area (Å²) in [7, 11) is -6.50. The van der Waals surface area contributed by atoms with E-state index in [1.54, 1.807) is 24.3 Å². The molecule has 1 N–H and O–H groups in total. The number of benzene rings is 3. The molecule has 0 aromatic heterocycles. The fourth-order valence-corrected chi connectivity index (χ4v) is 4.38. The molecule has 0 radical (unpaired) electrons. The Morgan fingerprint density at radius 2 is 1.34 bits per heavy atom. The summed E-state index contributed by atoms with van der Waals surface area (Å²) >= 11 is 0. The zero-order valence-electron chi connectivity index (χ0n) is 17.6. The van der Waals surface area contributed by atoms with Gasteiger partial charge in [-0.05, 0) is 61.9 Å². The van der Waals surface area contributed by atoms with E-state index in [-0.39, 0.29) is 21.3 Å². The zero-order chi connectivity index (χ0) is 23.4. The molecular formula is C22H22N2O6S2. The van der Waals surface area contributed by atoms with Gasteiger partial charge in [-0.25, -0.2) is 4.83 Å². The Hall–Kier alpha value is -3.37. The Morgan fingerprint density at radius 1 is 0.781 bits per heavy atom. The SMILES string of the molecule is COc1cc(/C=N\NS(=O)(=O)c2ccc(C)cc2)ccc1OS(=O)(=O)c1ccc(C)cc1. The molecule has 0 unspecified atom stereocenters. The highest BCUT2D eigenvalue weighted by Gasteiger charge is 2.19. The first-order chi connectivity index (χ1) is 15.1. The highest BCUT2D eigenvalue weighted by Crippen LogP contribution is 2.30. The predicted octanol–water partition coefficient (Wildman–Crippen LogP) is 3.39. The number of aryl methyl sites for hydroxylation is 2. The van der Waals surface area contributed by atoms with Crippen molar-refractivity contribution < 1.29 is 25.8 Å². The molecule has 3 aromatic rings. The van der Waals surface area contributed by atoms with Crippen LogP contribution >= 0.6 is 0 Å². The van der Waals surface area contributed by atoms with Crippen LogP contribution in [0.25, 0.3) is 0 Å². The van der Waals surface area contributed by atoms with Gasteiger partial charge >= 0.3 is 10.1 Å². The molecule has 0 bridgehead atoms. The number of nitrogens with zero attached hydrogens (tertiary/aromatic N) is 1. The summed E-state index contributed by atoms with van der Waals surface area (Å²) in [6.45, 7) is 3.70. The van der Waals surface area contributed by atoms with E-state index in [0.29, 0.717) is 5.56 Å². The standard InChI is InChI=1S/C22H22N2O6S2/c1-16-4-9-19(10-5-16)31(25,26)24-23-15-18-8-13-21(22(14-18)29-3)30-32(27,28)20-11-6-17(2)7-12-20/h4-15,24H,1-3H3/b23-15-. The minimum atomic E-state index is -4.05. The third-order valence-electron chi connectivity index (χ3n) is 4.41. The molecule has 3 rings (SSSR count). The molecule has 10 heteroatoms. The molecule has 0 amide bonds. The van der Waals surface area contributed by atoms with Gasteiger partial charge in [-0.15, -0.1) is 0 Å². The lowest BCUT2D eigenvalue weighted by Crippen LogP contribution is -2.18. The Bertz CT molecular complexity index is 1330. The molecule has 0 saturated carbocycles. The van der Waals surface area contributed by atoms with Crippen LogP contribution in [0.2, 0.25) is 0 Å². The van der Waals surface area contributed by atoms with Gasteiger partial charge in [0, 0.05) is 0 Å². The van der Waals surface area contributed by atoms with E-state index in [1.165, 1.54) is 55.8 Å². The van der Waals surface area contributed by atoms with Crippen LogP contribution in [0.3, 0.4) is 0 Å². The summed E-state index contributed by atoms with van der Waals surface area (Å²) in [5.74, 6) is 0.136. The number of hydrogen-bond acceptors (Lipinski definition) is 7. The number of hydrogen-bond donors (Lipinski definition) is 1. The molecule has 168 valence electrons. The van der Waals surface area contributed by atoms with Crippen molar-refractivity contribution in [3.63, 3.8) is 0 Å². The predicted molar refractivity (Wildman–Crippen MR) is 121 cm³/mol. The van der Waals surface area contributed by atoms with Crippen molar-refractivity contribution in [2.75, 3.05) is 7.11 Å². The minimum Gasteiger partial charge on any atom is -0.493 e. The van der Waals surface area contributed by atoms with Crippen molar-refractivity contribution in [2.45, 2.75) is 23.6 Å². The second-order valence-electron chi connectivity index (χ2n) is 6.93. The number of nitrogens with one attached hydrogen (secondary N) is 1. The number of ether oxygens (including phenoxy) is 1. The molecule has 0 atom stereocenters. The Morgan fingerprint density at radius 3 is 1.91 bits per heavy atom. The van der Waals surface area contributed by atoms with Crippen molar-refractivity contribution >= 4 is 26.4 Å². The van der Waals surface area contributed by atoms with Crippen LogP contribution in [0.4, 0.5) is 0 Å². The van der Waals surface area contributed by atoms with Gasteiger partial charge in [0.25, 0.3) is 10.0 Å². The molecule has 0 aliphatic carbocycles. The smallest absolute Gasteiger partial charge is 0.339 e. The van der Waals surface area contributed by atoms with Gasteiger partial charge in [0.15, 0.2) is 11.5 Å². The molecule has 0 aliphatic rings. The first kappa shape index (κ1) is 23.3. The van der Waals surface area contributed by atoms with Crippen LogP contribution in [0.5, 0.6) is 11.5 Å². The molecule has 0 saturated heterocycles. The lowest BCUT2D eigenvalue weighted by Gasteiger charge is -2.11. The van der Waals surface area contributed by atoms with Crippen LogP contribution in [0.1, 0.15) is 16.7 Å².